The van der Waals surface area contributed by atoms with E-state index < -0.39 is 5.54 Å². The van der Waals surface area contributed by atoms with Crippen molar-refractivity contribution in [2.75, 3.05) is 25.0 Å². The van der Waals surface area contributed by atoms with Crippen molar-refractivity contribution in [2.45, 2.75) is 31.7 Å². The van der Waals surface area contributed by atoms with Crippen LogP contribution in [-0.4, -0.2) is 35.9 Å². The van der Waals surface area contributed by atoms with Crippen molar-refractivity contribution in [3.8, 4) is 0 Å². The van der Waals surface area contributed by atoms with Crippen molar-refractivity contribution in [1.82, 2.24) is 4.90 Å². The maximum Gasteiger partial charge on any atom is 0.155 e. The van der Waals surface area contributed by atoms with Crippen LogP contribution in [0.15, 0.2) is 47.8 Å². The van der Waals surface area contributed by atoms with E-state index in [1.165, 1.54) is 4.88 Å². The number of hydrogen-bond acceptors (Lipinski definition) is 4. The fourth-order valence-electron chi connectivity index (χ4n) is 3.24. The number of ketones is 1. The second-order valence-corrected chi connectivity index (χ2v) is 7.33. The fourth-order valence-corrected chi connectivity index (χ4v) is 3.94. The first kappa shape index (κ1) is 16.2. The summed E-state index contributed by atoms with van der Waals surface area (Å²) >= 11 is 1.82. The number of carbonyl (C=O) groups excluding carboxylic acids is 1. The van der Waals surface area contributed by atoms with Gasteiger partial charge in [-0.25, -0.2) is 0 Å². The van der Waals surface area contributed by atoms with Crippen LogP contribution in [-0.2, 0) is 11.2 Å². The van der Waals surface area contributed by atoms with Crippen molar-refractivity contribution in [1.29, 1.82) is 0 Å². The van der Waals surface area contributed by atoms with Crippen molar-refractivity contribution in [3.05, 3.63) is 52.7 Å². The standard InChI is InChI=1S/C19H24N2OS/c1-16(22)19(20-17-6-3-2-4-7-17)10-13-21(14-11-19)12-9-18-8-5-15-23-18/h2-8,15,20H,9-14H2,1H3. The van der Waals surface area contributed by atoms with Crippen LogP contribution in [0.3, 0.4) is 0 Å². The average molecular weight is 328 g/mol. The molecule has 1 fully saturated rings. The highest BCUT2D eigenvalue weighted by molar-refractivity contribution is 7.09. The SMILES string of the molecule is CC(=O)C1(Nc2ccccc2)CCN(CCc2cccs2)CC1. The zero-order valence-electron chi connectivity index (χ0n) is 13.6. The van der Waals surface area contributed by atoms with Gasteiger partial charge in [-0.05, 0) is 49.8 Å². The number of anilines is 1. The minimum absolute atomic E-state index is 0.249. The van der Waals surface area contributed by atoms with E-state index in [1.54, 1.807) is 6.92 Å². The minimum atomic E-state index is -0.402. The number of hydrogen-bond donors (Lipinski definition) is 1. The molecule has 0 bridgehead atoms. The molecule has 122 valence electrons. The lowest BCUT2D eigenvalue weighted by molar-refractivity contribution is -0.122. The first-order valence-corrected chi connectivity index (χ1v) is 9.15. The van der Waals surface area contributed by atoms with Gasteiger partial charge in [0.25, 0.3) is 0 Å². The number of likely N-dealkylation sites (tertiary alicyclic amines) is 1. The van der Waals surface area contributed by atoms with E-state index in [1.807, 2.05) is 41.7 Å². The van der Waals surface area contributed by atoms with Gasteiger partial charge in [-0.3, -0.25) is 4.79 Å². The summed E-state index contributed by atoms with van der Waals surface area (Å²) in [6.45, 7) is 4.76. The predicted molar refractivity (Wildman–Crippen MR) is 97.2 cm³/mol. The van der Waals surface area contributed by atoms with Gasteiger partial charge < -0.3 is 10.2 Å². The highest BCUT2D eigenvalue weighted by Gasteiger charge is 2.38. The normalized spacial score (nSPS) is 17.8. The third kappa shape index (κ3) is 4.01. The molecule has 1 aliphatic rings. The average Bonchev–Trinajstić information content (AvgIpc) is 3.08. The largest absolute Gasteiger partial charge is 0.373 e. The summed E-state index contributed by atoms with van der Waals surface area (Å²) in [7, 11) is 0. The molecule has 2 heterocycles. The van der Waals surface area contributed by atoms with Crippen molar-refractivity contribution >= 4 is 22.8 Å². The molecule has 1 N–H and O–H groups in total. The van der Waals surface area contributed by atoms with Crippen LogP contribution in [0.2, 0.25) is 0 Å². The van der Waals surface area contributed by atoms with Crippen LogP contribution >= 0.6 is 11.3 Å². The van der Waals surface area contributed by atoms with E-state index in [0.29, 0.717) is 0 Å². The van der Waals surface area contributed by atoms with E-state index in [-0.39, 0.29) is 5.78 Å². The Morgan fingerprint density at radius 3 is 2.52 bits per heavy atom. The molecule has 0 aliphatic carbocycles. The third-order valence-electron chi connectivity index (χ3n) is 4.80. The van der Waals surface area contributed by atoms with E-state index in [0.717, 1.165) is 44.6 Å². The quantitative estimate of drug-likeness (QED) is 0.875. The smallest absolute Gasteiger partial charge is 0.155 e. The molecule has 1 aliphatic heterocycles. The Morgan fingerprint density at radius 2 is 1.91 bits per heavy atom. The fraction of sp³-hybridized carbons (Fsp3) is 0.421. The summed E-state index contributed by atoms with van der Waals surface area (Å²) < 4.78 is 0. The molecule has 4 heteroatoms. The van der Waals surface area contributed by atoms with Crippen molar-refractivity contribution < 1.29 is 4.79 Å². The Kier molecular flexibility index (Phi) is 5.13. The van der Waals surface area contributed by atoms with E-state index >= 15 is 0 Å². The molecular weight excluding hydrogens is 304 g/mol. The summed E-state index contributed by atoms with van der Waals surface area (Å²) in [5.41, 5.74) is 0.635. The van der Waals surface area contributed by atoms with Crippen LogP contribution in [0.4, 0.5) is 5.69 Å². The van der Waals surface area contributed by atoms with Gasteiger partial charge in [0, 0.05) is 30.2 Å². The molecule has 2 aromatic rings. The molecule has 0 saturated carbocycles. The molecule has 0 spiro atoms. The number of thiophene rings is 1. The van der Waals surface area contributed by atoms with Gasteiger partial charge in [-0.15, -0.1) is 11.3 Å². The molecule has 3 nitrogen and oxygen atoms in total. The van der Waals surface area contributed by atoms with Gasteiger partial charge in [0.2, 0.25) is 0 Å². The van der Waals surface area contributed by atoms with Crippen molar-refractivity contribution in [2.24, 2.45) is 0 Å². The molecule has 3 rings (SSSR count). The zero-order valence-corrected chi connectivity index (χ0v) is 14.4. The number of nitrogens with one attached hydrogen (secondary N) is 1. The van der Waals surface area contributed by atoms with Gasteiger partial charge in [0.05, 0.1) is 5.54 Å². The summed E-state index contributed by atoms with van der Waals surface area (Å²) in [4.78, 5) is 16.2. The van der Waals surface area contributed by atoms with Crippen LogP contribution in [0.5, 0.6) is 0 Å². The molecule has 23 heavy (non-hydrogen) atoms. The number of nitrogens with zero attached hydrogens (tertiary/aromatic N) is 1. The third-order valence-corrected chi connectivity index (χ3v) is 5.73. The molecule has 0 unspecified atom stereocenters. The van der Waals surface area contributed by atoms with Crippen molar-refractivity contribution in [3.63, 3.8) is 0 Å². The Labute approximate surface area is 142 Å². The summed E-state index contributed by atoms with van der Waals surface area (Å²) in [5, 5.41) is 5.64. The number of piperidine rings is 1. The lowest BCUT2D eigenvalue weighted by Gasteiger charge is -2.41. The highest BCUT2D eigenvalue weighted by atomic mass is 32.1. The number of rotatable bonds is 6. The first-order chi connectivity index (χ1) is 11.2. The van der Waals surface area contributed by atoms with Gasteiger partial charge >= 0.3 is 0 Å². The molecule has 1 aromatic heterocycles. The number of para-hydroxylation sites is 1. The predicted octanol–water partition coefficient (Wildman–Crippen LogP) is 3.83. The number of Topliss-reactive ketones (excluding diaryl/α,β-unsaturated/α-hetero) is 1. The van der Waals surface area contributed by atoms with Gasteiger partial charge in [-0.2, -0.15) is 0 Å². The Balaban J connectivity index is 1.58. The van der Waals surface area contributed by atoms with Gasteiger partial charge in [-0.1, -0.05) is 24.3 Å². The Hall–Kier alpha value is -1.65. The monoisotopic (exact) mass is 328 g/mol. The summed E-state index contributed by atoms with van der Waals surface area (Å²) in [6, 6.07) is 14.4. The number of benzene rings is 1. The molecular formula is C19H24N2OS. The van der Waals surface area contributed by atoms with Gasteiger partial charge in [0.15, 0.2) is 5.78 Å². The Morgan fingerprint density at radius 1 is 1.17 bits per heavy atom. The van der Waals surface area contributed by atoms with Crippen LogP contribution in [0.25, 0.3) is 0 Å². The molecule has 1 aromatic carbocycles. The van der Waals surface area contributed by atoms with Crippen LogP contribution in [0, 0.1) is 0 Å². The van der Waals surface area contributed by atoms with Crippen LogP contribution in [0.1, 0.15) is 24.6 Å². The lowest BCUT2D eigenvalue weighted by Crippen LogP contribution is -2.53. The topological polar surface area (TPSA) is 32.3 Å². The van der Waals surface area contributed by atoms with Gasteiger partial charge in [0.1, 0.15) is 0 Å². The molecule has 1 saturated heterocycles. The maximum atomic E-state index is 12.3. The minimum Gasteiger partial charge on any atom is -0.373 e. The number of carbonyl (C=O) groups is 1. The summed E-state index contributed by atoms with van der Waals surface area (Å²) in [6.07, 6.45) is 2.86. The Bertz CT molecular complexity index is 616. The molecule has 0 atom stereocenters. The van der Waals surface area contributed by atoms with E-state index in [9.17, 15) is 4.79 Å². The maximum absolute atomic E-state index is 12.3. The van der Waals surface area contributed by atoms with E-state index in [4.69, 9.17) is 0 Å². The second-order valence-electron chi connectivity index (χ2n) is 6.30. The first-order valence-electron chi connectivity index (χ1n) is 8.27. The zero-order chi connectivity index (χ0) is 16.1. The lowest BCUT2D eigenvalue weighted by atomic mass is 9.83. The molecule has 0 radical (unpaired) electrons. The molecule has 0 amide bonds. The highest BCUT2D eigenvalue weighted by Crippen LogP contribution is 2.28. The second kappa shape index (κ2) is 7.28. The van der Waals surface area contributed by atoms with E-state index in [2.05, 4.69) is 27.7 Å². The summed E-state index contributed by atoms with van der Waals surface area (Å²) in [5.74, 6) is 0.249. The van der Waals surface area contributed by atoms with Crippen LogP contribution < -0.4 is 5.32 Å².